The zero-order valence-electron chi connectivity index (χ0n) is 16.9. The summed E-state index contributed by atoms with van der Waals surface area (Å²) in [5.74, 6) is -0.440. The van der Waals surface area contributed by atoms with Crippen LogP contribution in [0.5, 0.6) is 0 Å². The molecule has 4 rings (SSSR count). The molecular weight excluding hydrogens is 366 g/mol. The number of hydrogen-bond donors (Lipinski definition) is 2. The molecule has 6 heteroatoms. The number of nitrogens with zero attached hydrogens (tertiary/aromatic N) is 1. The van der Waals surface area contributed by atoms with Gasteiger partial charge in [-0.1, -0.05) is 42.0 Å². The van der Waals surface area contributed by atoms with E-state index in [0.29, 0.717) is 17.8 Å². The lowest BCUT2D eigenvalue weighted by atomic mass is 9.91. The molecule has 2 aromatic rings. The zero-order valence-corrected chi connectivity index (χ0v) is 16.9. The molecular formula is C23H25N3O3. The maximum absolute atomic E-state index is 12.8. The van der Waals surface area contributed by atoms with Crippen LogP contribution in [0.4, 0.5) is 10.5 Å². The van der Waals surface area contributed by atoms with Crippen LogP contribution in [0.2, 0.25) is 0 Å². The van der Waals surface area contributed by atoms with E-state index in [2.05, 4.69) is 33.7 Å². The van der Waals surface area contributed by atoms with Crippen molar-refractivity contribution in [2.24, 2.45) is 0 Å². The van der Waals surface area contributed by atoms with Crippen LogP contribution in [0.3, 0.4) is 0 Å². The Labute approximate surface area is 170 Å². The van der Waals surface area contributed by atoms with Gasteiger partial charge in [-0.15, -0.1) is 0 Å². The molecule has 2 N–H and O–H groups in total. The normalized spacial score (nSPS) is 18.2. The largest absolute Gasteiger partial charge is 0.466 e. The summed E-state index contributed by atoms with van der Waals surface area (Å²) in [5, 5.41) is 5.76. The number of nitrogens with one attached hydrogen (secondary N) is 2. The standard InChI is InChI=1S/C23H25N3O3/c1-14-8-9-17(15(2)12-14)21-20(22(27)29-3)18(24-23(28)25-21)13-26-11-10-16-6-4-5-7-19(16)26/h4-9,12,21H,10-11,13H2,1-3H3,(H2,24,25,28)/t21-/m0/s1. The molecule has 0 aliphatic carbocycles. The van der Waals surface area contributed by atoms with Crippen molar-refractivity contribution >= 4 is 17.7 Å². The number of para-hydroxylation sites is 1. The number of aryl methyl sites for hydroxylation is 2. The zero-order chi connectivity index (χ0) is 20.5. The van der Waals surface area contributed by atoms with Crippen LogP contribution >= 0.6 is 0 Å². The van der Waals surface area contributed by atoms with E-state index in [0.717, 1.165) is 35.3 Å². The average molecular weight is 391 g/mol. The van der Waals surface area contributed by atoms with Crippen molar-refractivity contribution in [3.63, 3.8) is 0 Å². The number of rotatable bonds is 4. The van der Waals surface area contributed by atoms with Crippen LogP contribution in [0.1, 0.15) is 28.3 Å². The van der Waals surface area contributed by atoms with E-state index in [1.807, 2.05) is 38.1 Å². The lowest BCUT2D eigenvalue weighted by Crippen LogP contribution is -2.48. The van der Waals surface area contributed by atoms with Gasteiger partial charge in [0.15, 0.2) is 0 Å². The Balaban J connectivity index is 1.76. The van der Waals surface area contributed by atoms with Gasteiger partial charge in [0.25, 0.3) is 0 Å². The number of amides is 2. The third-order valence-electron chi connectivity index (χ3n) is 5.63. The van der Waals surface area contributed by atoms with E-state index < -0.39 is 12.0 Å². The number of benzene rings is 2. The van der Waals surface area contributed by atoms with E-state index in [-0.39, 0.29) is 6.03 Å². The fourth-order valence-corrected chi connectivity index (χ4v) is 4.24. The topological polar surface area (TPSA) is 70.7 Å². The van der Waals surface area contributed by atoms with Crippen molar-refractivity contribution in [3.8, 4) is 0 Å². The molecule has 0 bridgehead atoms. The molecule has 0 saturated heterocycles. The quantitative estimate of drug-likeness (QED) is 0.786. The first-order valence-corrected chi connectivity index (χ1v) is 9.77. The first kappa shape index (κ1) is 19.1. The predicted molar refractivity (Wildman–Crippen MR) is 112 cm³/mol. The summed E-state index contributed by atoms with van der Waals surface area (Å²) >= 11 is 0. The Morgan fingerprint density at radius 3 is 2.76 bits per heavy atom. The summed E-state index contributed by atoms with van der Waals surface area (Å²) in [7, 11) is 1.37. The first-order valence-electron chi connectivity index (χ1n) is 9.77. The van der Waals surface area contributed by atoms with Crippen LogP contribution < -0.4 is 15.5 Å². The van der Waals surface area contributed by atoms with Crippen molar-refractivity contribution in [3.05, 3.63) is 76.0 Å². The highest BCUT2D eigenvalue weighted by atomic mass is 16.5. The van der Waals surface area contributed by atoms with E-state index in [1.165, 1.54) is 12.7 Å². The third kappa shape index (κ3) is 3.58. The number of carbonyl (C=O) groups excluding carboxylic acids is 2. The minimum absolute atomic E-state index is 0.315. The Hall–Kier alpha value is -3.28. The Morgan fingerprint density at radius 2 is 2.00 bits per heavy atom. The van der Waals surface area contributed by atoms with Crippen molar-refractivity contribution in [2.75, 3.05) is 25.1 Å². The van der Waals surface area contributed by atoms with E-state index in [1.54, 1.807) is 0 Å². The van der Waals surface area contributed by atoms with Crippen molar-refractivity contribution in [2.45, 2.75) is 26.3 Å². The third-order valence-corrected chi connectivity index (χ3v) is 5.63. The second-order valence-electron chi connectivity index (χ2n) is 7.58. The van der Waals surface area contributed by atoms with Gasteiger partial charge in [-0.25, -0.2) is 9.59 Å². The minimum Gasteiger partial charge on any atom is -0.466 e. The SMILES string of the molecule is COC(=O)C1=C(CN2CCc3ccccc32)NC(=O)N[C@H]1c1ccc(C)cc1C. The van der Waals surface area contributed by atoms with Crippen molar-refractivity contribution < 1.29 is 14.3 Å². The number of urea groups is 1. The monoisotopic (exact) mass is 391 g/mol. The molecule has 2 aromatic carbocycles. The Morgan fingerprint density at radius 1 is 1.21 bits per heavy atom. The highest BCUT2D eigenvalue weighted by Crippen LogP contribution is 2.33. The fourth-order valence-electron chi connectivity index (χ4n) is 4.24. The predicted octanol–water partition coefficient (Wildman–Crippen LogP) is 3.15. The number of anilines is 1. The highest BCUT2D eigenvalue weighted by Gasteiger charge is 2.35. The summed E-state index contributed by atoms with van der Waals surface area (Å²) in [6.07, 6.45) is 0.948. The number of carbonyl (C=O) groups is 2. The molecule has 0 radical (unpaired) electrons. The van der Waals surface area contributed by atoms with Crippen molar-refractivity contribution in [1.29, 1.82) is 0 Å². The van der Waals surface area contributed by atoms with Crippen LogP contribution in [0.15, 0.2) is 53.7 Å². The van der Waals surface area contributed by atoms with Crippen LogP contribution in [-0.2, 0) is 16.0 Å². The molecule has 2 amide bonds. The maximum atomic E-state index is 12.8. The summed E-state index contributed by atoms with van der Waals surface area (Å²) < 4.78 is 5.10. The highest BCUT2D eigenvalue weighted by molar-refractivity contribution is 5.95. The minimum atomic E-state index is -0.551. The van der Waals surface area contributed by atoms with E-state index >= 15 is 0 Å². The van der Waals surface area contributed by atoms with Gasteiger partial charge in [0, 0.05) is 12.2 Å². The van der Waals surface area contributed by atoms with Gasteiger partial charge in [-0.2, -0.15) is 0 Å². The summed E-state index contributed by atoms with van der Waals surface area (Å²) in [5.41, 5.74) is 6.49. The van der Waals surface area contributed by atoms with Gasteiger partial charge in [0.1, 0.15) is 0 Å². The summed E-state index contributed by atoms with van der Waals surface area (Å²) in [6, 6.07) is 13.4. The number of methoxy groups -OCH3 is 1. The molecule has 0 unspecified atom stereocenters. The van der Waals surface area contributed by atoms with E-state index in [4.69, 9.17) is 4.74 Å². The molecule has 6 nitrogen and oxygen atoms in total. The molecule has 150 valence electrons. The smallest absolute Gasteiger partial charge is 0.338 e. The molecule has 0 spiro atoms. The van der Waals surface area contributed by atoms with E-state index in [9.17, 15) is 9.59 Å². The number of esters is 1. The second kappa shape index (κ2) is 7.62. The van der Waals surface area contributed by atoms with Crippen LogP contribution in [-0.4, -0.2) is 32.2 Å². The Bertz CT molecular complexity index is 1010. The lowest BCUT2D eigenvalue weighted by molar-refractivity contribution is -0.136. The lowest BCUT2D eigenvalue weighted by Gasteiger charge is -2.32. The fraction of sp³-hybridized carbons (Fsp3) is 0.304. The molecule has 0 saturated carbocycles. The Kier molecular flexibility index (Phi) is 5.01. The summed E-state index contributed by atoms with van der Waals surface area (Å²) in [4.78, 5) is 27.5. The number of ether oxygens (including phenoxy) is 1. The molecule has 29 heavy (non-hydrogen) atoms. The van der Waals surface area contributed by atoms with Gasteiger partial charge in [0.2, 0.25) is 0 Å². The molecule has 0 aromatic heterocycles. The van der Waals surface area contributed by atoms with Crippen LogP contribution in [0, 0.1) is 13.8 Å². The summed E-state index contributed by atoms with van der Waals surface area (Å²) in [6.45, 7) is 5.29. The van der Waals surface area contributed by atoms with Crippen molar-refractivity contribution in [1.82, 2.24) is 10.6 Å². The molecule has 2 aliphatic rings. The molecule has 1 atom stereocenters. The van der Waals surface area contributed by atoms with Gasteiger partial charge >= 0.3 is 12.0 Å². The van der Waals surface area contributed by atoms with Gasteiger partial charge in [-0.3, -0.25) is 0 Å². The van der Waals surface area contributed by atoms with Gasteiger partial charge in [-0.05, 0) is 43.0 Å². The van der Waals surface area contributed by atoms with Gasteiger partial charge < -0.3 is 20.3 Å². The maximum Gasteiger partial charge on any atom is 0.338 e. The number of hydrogen-bond acceptors (Lipinski definition) is 4. The van der Waals surface area contributed by atoms with Crippen LogP contribution in [0.25, 0.3) is 0 Å². The molecule has 2 heterocycles. The first-order chi connectivity index (χ1) is 14.0. The average Bonchev–Trinajstić information content (AvgIpc) is 3.10. The molecule has 2 aliphatic heterocycles. The second-order valence-corrected chi connectivity index (χ2v) is 7.58. The number of fused-ring (bicyclic) bond motifs is 1. The molecule has 0 fully saturated rings. The van der Waals surface area contributed by atoms with Gasteiger partial charge in [0.05, 0.1) is 31.0 Å².